The van der Waals surface area contributed by atoms with Gasteiger partial charge in [-0.25, -0.2) is 14.2 Å². The highest BCUT2D eigenvalue weighted by molar-refractivity contribution is 6.41. The van der Waals surface area contributed by atoms with E-state index in [1.807, 2.05) is 0 Å². The van der Waals surface area contributed by atoms with E-state index in [0.717, 1.165) is 0 Å². The predicted molar refractivity (Wildman–Crippen MR) is 92.5 cm³/mol. The molecule has 1 atom stereocenters. The van der Waals surface area contributed by atoms with E-state index in [-0.39, 0.29) is 33.3 Å². The van der Waals surface area contributed by atoms with Crippen molar-refractivity contribution in [3.8, 4) is 11.4 Å². The third-order valence-corrected chi connectivity index (χ3v) is 4.22. The Kier molecular flexibility index (Phi) is 5.20. The van der Waals surface area contributed by atoms with Gasteiger partial charge in [-0.2, -0.15) is 4.98 Å². The molecule has 0 amide bonds. The number of nitrogens with zero attached hydrogens (tertiary/aromatic N) is 3. The monoisotopic (exact) mass is 395 g/mol. The van der Waals surface area contributed by atoms with Crippen LogP contribution in [0.25, 0.3) is 11.4 Å². The number of hydrogen-bond acceptors (Lipinski definition) is 6. The maximum Gasteiger partial charge on any atom is 0.340 e. The van der Waals surface area contributed by atoms with E-state index in [2.05, 4.69) is 15.1 Å². The summed E-state index contributed by atoms with van der Waals surface area (Å²) in [5, 5.41) is 4.01. The number of pyridine rings is 1. The van der Waals surface area contributed by atoms with Crippen LogP contribution in [-0.4, -0.2) is 21.1 Å². The number of carbonyl (C=O) groups is 1. The van der Waals surface area contributed by atoms with E-state index < -0.39 is 12.1 Å². The van der Waals surface area contributed by atoms with Gasteiger partial charge in [0.15, 0.2) is 6.10 Å². The van der Waals surface area contributed by atoms with Crippen LogP contribution in [0.15, 0.2) is 35.0 Å². The molecule has 3 aromatic rings. The third kappa shape index (κ3) is 3.84. The molecule has 9 heteroatoms. The third-order valence-electron chi connectivity index (χ3n) is 3.54. The molecule has 0 aliphatic heterocycles. The first-order chi connectivity index (χ1) is 12.3. The minimum Gasteiger partial charge on any atom is -0.449 e. The number of carbonyl (C=O) groups excluding carboxylic acids is 1. The van der Waals surface area contributed by atoms with Crippen molar-refractivity contribution < 1.29 is 18.4 Å². The number of rotatable bonds is 4. The highest BCUT2D eigenvalue weighted by Gasteiger charge is 2.21. The molecule has 0 N–H and O–H groups in total. The molecular weight excluding hydrogens is 384 g/mol. The predicted octanol–water partition coefficient (Wildman–Crippen LogP) is 4.80. The molecule has 2 aromatic heterocycles. The van der Waals surface area contributed by atoms with Gasteiger partial charge in [0.1, 0.15) is 11.0 Å². The van der Waals surface area contributed by atoms with E-state index in [4.69, 9.17) is 32.5 Å². The molecule has 6 nitrogen and oxygen atoms in total. The lowest BCUT2D eigenvalue weighted by Crippen LogP contribution is -2.10. The molecule has 0 aliphatic carbocycles. The minimum atomic E-state index is -0.825. The summed E-state index contributed by atoms with van der Waals surface area (Å²) in [6, 6.07) is 5.94. The van der Waals surface area contributed by atoms with Crippen molar-refractivity contribution in [2.45, 2.75) is 20.0 Å². The van der Waals surface area contributed by atoms with Gasteiger partial charge in [0.2, 0.25) is 5.82 Å². The number of hydrogen-bond donors (Lipinski definition) is 0. The fourth-order valence-corrected chi connectivity index (χ4v) is 2.33. The summed E-state index contributed by atoms with van der Waals surface area (Å²) in [6.45, 7) is 3.22. The van der Waals surface area contributed by atoms with Gasteiger partial charge < -0.3 is 9.26 Å². The van der Waals surface area contributed by atoms with E-state index >= 15 is 0 Å². The topological polar surface area (TPSA) is 78.1 Å². The molecule has 0 saturated carbocycles. The van der Waals surface area contributed by atoms with Crippen molar-refractivity contribution in [3.63, 3.8) is 0 Å². The highest BCUT2D eigenvalue weighted by Crippen LogP contribution is 2.24. The molecule has 3 rings (SSSR count). The normalized spacial score (nSPS) is 12.0. The van der Waals surface area contributed by atoms with Crippen LogP contribution in [0.5, 0.6) is 0 Å². The first-order valence-corrected chi connectivity index (χ1v) is 8.23. The van der Waals surface area contributed by atoms with Crippen LogP contribution in [0.2, 0.25) is 10.2 Å². The van der Waals surface area contributed by atoms with Crippen molar-refractivity contribution in [2.24, 2.45) is 0 Å². The van der Waals surface area contributed by atoms with Gasteiger partial charge in [-0.3, -0.25) is 0 Å². The lowest BCUT2D eigenvalue weighted by Gasteiger charge is -2.09. The van der Waals surface area contributed by atoms with Gasteiger partial charge in [-0.1, -0.05) is 40.5 Å². The molecule has 26 heavy (non-hydrogen) atoms. The zero-order valence-electron chi connectivity index (χ0n) is 13.7. The number of halogens is 3. The zero-order chi connectivity index (χ0) is 18.8. The second kappa shape index (κ2) is 7.39. The van der Waals surface area contributed by atoms with Gasteiger partial charge in [-0.15, -0.1) is 0 Å². The Labute approximate surface area is 157 Å². The molecule has 0 radical (unpaired) electrons. The quantitative estimate of drug-likeness (QED) is 0.466. The smallest absolute Gasteiger partial charge is 0.340 e. The van der Waals surface area contributed by atoms with Gasteiger partial charge in [0, 0.05) is 11.8 Å². The Hall–Kier alpha value is -2.51. The van der Waals surface area contributed by atoms with Crippen LogP contribution in [-0.2, 0) is 4.74 Å². The van der Waals surface area contributed by atoms with Crippen LogP contribution in [0.3, 0.4) is 0 Å². The van der Waals surface area contributed by atoms with E-state index in [1.54, 1.807) is 26.0 Å². The highest BCUT2D eigenvalue weighted by atomic mass is 35.5. The average Bonchev–Trinajstić information content (AvgIpc) is 3.10. The molecule has 1 aromatic carbocycles. The standard InChI is InChI=1S/C17H12Cl2FN3O3/c1-8-3-4-10(6-13(8)20)15-22-16(26-23-15)9(2)25-17(24)11-5-12(18)14(19)21-7-11/h3-7,9H,1-2H3. The number of esters is 1. The largest absolute Gasteiger partial charge is 0.449 e. The Morgan fingerprint density at radius 1 is 1.31 bits per heavy atom. The number of aromatic nitrogens is 3. The van der Waals surface area contributed by atoms with E-state index in [0.29, 0.717) is 11.1 Å². The van der Waals surface area contributed by atoms with Gasteiger partial charge >= 0.3 is 5.97 Å². The van der Waals surface area contributed by atoms with Crippen LogP contribution in [0.4, 0.5) is 4.39 Å². The summed E-state index contributed by atoms with van der Waals surface area (Å²) in [5.74, 6) is -0.787. The minimum absolute atomic E-state index is 0.0716. The van der Waals surface area contributed by atoms with Crippen molar-refractivity contribution in [3.05, 3.63) is 63.5 Å². The first-order valence-electron chi connectivity index (χ1n) is 7.47. The summed E-state index contributed by atoms with van der Waals surface area (Å²) in [4.78, 5) is 20.1. The molecule has 2 heterocycles. The number of ether oxygens (including phenoxy) is 1. The fourth-order valence-electron chi connectivity index (χ4n) is 2.06. The Balaban J connectivity index is 1.75. The van der Waals surface area contributed by atoms with Crippen LogP contribution in [0.1, 0.15) is 34.8 Å². The molecule has 134 valence electrons. The molecule has 1 unspecified atom stereocenters. The average molecular weight is 396 g/mol. The van der Waals surface area contributed by atoms with E-state index in [9.17, 15) is 9.18 Å². The maximum atomic E-state index is 13.7. The zero-order valence-corrected chi connectivity index (χ0v) is 15.2. The molecular formula is C17H12Cl2FN3O3. The van der Waals surface area contributed by atoms with Crippen molar-refractivity contribution in [2.75, 3.05) is 0 Å². The first kappa shape index (κ1) is 18.3. The van der Waals surface area contributed by atoms with Gasteiger partial charge in [-0.05, 0) is 31.5 Å². The molecule has 0 aliphatic rings. The molecule has 0 saturated heterocycles. The Morgan fingerprint density at radius 2 is 2.08 bits per heavy atom. The molecule has 0 fully saturated rings. The molecule has 0 spiro atoms. The summed E-state index contributed by atoms with van der Waals surface area (Å²) < 4.78 is 24.0. The van der Waals surface area contributed by atoms with Crippen molar-refractivity contribution in [1.29, 1.82) is 0 Å². The lowest BCUT2D eigenvalue weighted by molar-refractivity contribution is 0.0265. The van der Waals surface area contributed by atoms with E-state index in [1.165, 1.54) is 18.3 Å². The second-order valence-electron chi connectivity index (χ2n) is 5.46. The van der Waals surface area contributed by atoms with Gasteiger partial charge in [0.25, 0.3) is 5.89 Å². The van der Waals surface area contributed by atoms with Crippen LogP contribution < -0.4 is 0 Å². The van der Waals surface area contributed by atoms with Crippen molar-refractivity contribution in [1.82, 2.24) is 15.1 Å². The van der Waals surface area contributed by atoms with Crippen molar-refractivity contribution >= 4 is 29.2 Å². The SMILES string of the molecule is Cc1ccc(-c2noc(C(C)OC(=O)c3cnc(Cl)c(Cl)c3)n2)cc1F. The Morgan fingerprint density at radius 3 is 2.77 bits per heavy atom. The summed E-state index contributed by atoms with van der Waals surface area (Å²) in [7, 11) is 0. The second-order valence-corrected chi connectivity index (χ2v) is 6.23. The van der Waals surface area contributed by atoms with Crippen LogP contribution >= 0.6 is 23.2 Å². The number of benzene rings is 1. The summed E-state index contributed by atoms with van der Waals surface area (Å²) in [6.07, 6.45) is 0.422. The van der Waals surface area contributed by atoms with Crippen LogP contribution in [0, 0.1) is 12.7 Å². The van der Waals surface area contributed by atoms with Gasteiger partial charge in [0.05, 0.1) is 10.6 Å². The lowest BCUT2D eigenvalue weighted by atomic mass is 10.1. The summed E-state index contributed by atoms with van der Waals surface area (Å²) in [5.41, 5.74) is 1.09. The maximum absolute atomic E-state index is 13.7. The molecule has 0 bridgehead atoms. The Bertz CT molecular complexity index is 978. The fraction of sp³-hybridized carbons (Fsp3) is 0.176. The number of aryl methyl sites for hydroxylation is 1. The summed E-state index contributed by atoms with van der Waals surface area (Å²) >= 11 is 11.5.